The molecular formula is C26H34N4O5. The maximum absolute atomic E-state index is 13.3. The van der Waals surface area contributed by atoms with Gasteiger partial charge in [0.2, 0.25) is 0 Å². The first-order chi connectivity index (χ1) is 16.6. The van der Waals surface area contributed by atoms with Gasteiger partial charge in [0.1, 0.15) is 5.75 Å². The van der Waals surface area contributed by atoms with E-state index in [1.807, 2.05) is 36.4 Å². The van der Waals surface area contributed by atoms with Gasteiger partial charge in [0.05, 0.1) is 19.7 Å². The Bertz CT molecular complexity index is 1030. The molecule has 0 saturated carbocycles. The molecule has 0 aromatic heterocycles. The SMILES string of the molecule is CNC(=O)OCC(=O)NN1CC(c2ccc(C(C)(C)C)cc2)N(CCc2ccc(OC)cc2)C1=O. The van der Waals surface area contributed by atoms with Gasteiger partial charge in [0, 0.05) is 13.6 Å². The third-order valence-corrected chi connectivity index (χ3v) is 5.97. The molecule has 0 aliphatic carbocycles. The number of alkyl carbamates (subject to hydrolysis) is 1. The van der Waals surface area contributed by atoms with Gasteiger partial charge in [-0.1, -0.05) is 57.2 Å². The molecule has 1 aliphatic heterocycles. The molecule has 4 amide bonds. The second kappa shape index (κ2) is 11.1. The first-order valence-electron chi connectivity index (χ1n) is 11.6. The molecule has 1 heterocycles. The summed E-state index contributed by atoms with van der Waals surface area (Å²) < 4.78 is 10.0. The first kappa shape index (κ1) is 25.9. The van der Waals surface area contributed by atoms with Gasteiger partial charge in [-0.15, -0.1) is 0 Å². The summed E-state index contributed by atoms with van der Waals surface area (Å²) in [6, 6.07) is 15.4. The maximum atomic E-state index is 13.3. The lowest BCUT2D eigenvalue weighted by atomic mass is 9.86. The lowest BCUT2D eigenvalue weighted by Gasteiger charge is -2.25. The molecule has 3 rings (SSSR count). The van der Waals surface area contributed by atoms with E-state index in [2.05, 4.69) is 43.6 Å². The number of hydrazine groups is 1. The van der Waals surface area contributed by atoms with Crippen molar-refractivity contribution < 1.29 is 23.9 Å². The second-order valence-corrected chi connectivity index (χ2v) is 9.43. The highest BCUT2D eigenvalue weighted by Gasteiger charge is 2.39. The molecule has 2 N–H and O–H groups in total. The van der Waals surface area contributed by atoms with Crippen LogP contribution in [0.15, 0.2) is 48.5 Å². The number of hydrogen-bond acceptors (Lipinski definition) is 5. The fourth-order valence-electron chi connectivity index (χ4n) is 3.90. The lowest BCUT2D eigenvalue weighted by Crippen LogP contribution is -2.46. The van der Waals surface area contributed by atoms with Crippen LogP contribution in [0.3, 0.4) is 0 Å². The van der Waals surface area contributed by atoms with Crippen molar-refractivity contribution in [2.45, 2.75) is 38.6 Å². The first-order valence-corrected chi connectivity index (χ1v) is 11.6. The van der Waals surface area contributed by atoms with Gasteiger partial charge in [-0.25, -0.2) is 14.6 Å². The quantitative estimate of drug-likeness (QED) is 0.601. The van der Waals surface area contributed by atoms with Crippen LogP contribution in [0.25, 0.3) is 0 Å². The maximum Gasteiger partial charge on any atom is 0.407 e. The van der Waals surface area contributed by atoms with E-state index < -0.39 is 18.6 Å². The minimum atomic E-state index is -0.717. The molecular weight excluding hydrogens is 448 g/mol. The number of nitrogens with one attached hydrogen (secondary N) is 2. The normalized spacial score (nSPS) is 15.7. The highest BCUT2D eigenvalue weighted by atomic mass is 16.6. The molecule has 1 aliphatic rings. The Hall–Kier alpha value is -3.75. The minimum absolute atomic E-state index is 0.0167. The number of rotatable bonds is 8. The predicted molar refractivity (Wildman–Crippen MR) is 132 cm³/mol. The van der Waals surface area contributed by atoms with Crippen molar-refractivity contribution >= 4 is 18.0 Å². The Morgan fingerprint density at radius 3 is 2.29 bits per heavy atom. The average molecular weight is 483 g/mol. The summed E-state index contributed by atoms with van der Waals surface area (Å²) in [4.78, 5) is 38.5. The molecule has 2 aromatic carbocycles. The van der Waals surface area contributed by atoms with Gasteiger partial charge in [-0.3, -0.25) is 10.2 Å². The fourth-order valence-corrected chi connectivity index (χ4v) is 3.90. The molecule has 1 saturated heterocycles. The molecule has 188 valence electrons. The van der Waals surface area contributed by atoms with Crippen LogP contribution in [-0.4, -0.2) is 61.8 Å². The van der Waals surface area contributed by atoms with Crippen molar-refractivity contribution in [2.75, 3.05) is 33.9 Å². The van der Waals surface area contributed by atoms with E-state index in [1.165, 1.54) is 17.6 Å². The fraction of sp³-hybridized carbons (Fsp3) is 0.423. The number of ether oxygens (including phenoxy) is 2. The van der Waals surface area contributed by atoms with Gasteiger partial charge in [0.15, 0.2) is 6.61 Å². The third kappa shape index (κ3) is 6.65. The minimum Gasteiger partial charge on any atom is -0.497 e. The Labute approximate surface area is 206 Å². The van der Waals surface area contributed by atoms with Crippen LogP contribution in [0.4, 0.5) is 9.59 Å². The number of amides is 4. The van der Waals surface area contributed by atoms with Gasteiger partial charge >= 0.3 is 12.1 Å². The number of benzene rings is 2. The van der Waals surface area contributed by atoms with Crippen LogP contribution >= 0.6 is 0 Å². The molecule has 35 heavy (non-hydrogen) atoms. The number of carbonyl (C=O) groups excluding carboxylic acids is 3. The predicted octanol–water partition coefficient (Wildman–Crippen LogP) is 3.40. The summed E-state index contributed by atoms with van der Waals surface area (Å²) in [5.74, 6) is 0.191. The highest BCUT2D eigenvalue weighted by molar-refractivity contribution is 5.84. The number of urea groups is 1. The second-order valence-electron chi connectivity index (χ2n) is 9.43. The van der Waals surface area contributed by atoms with Crippen LogP contribution < -0.4 is 15.5 Å². The van der Waals surface area contributed by atoms with E-state index in [4.69, 9.17) is 9.47 Å². The smallest absolute Gasteiger partial charge is 0.407 e. The zero-order chi connectivity index (χ0) is 25.6. The Morgan fingerprint density at radius 1 is 1.06 bits per heavy atom. The Balaban J connectivity index is 1.76. The molecule has 9 heteroatoms. The van der Waals surface area contributed by atoms with Crippen LogP contribution in [-0.2, 0) is 21.4 Å². The number of hydrogen-bond donors (Lipinski definition) is 2. The van der Waals surface area contributed by atoms with E-state index >= 15 is 0 Å². The van der Waals surface area contributed by atoms with Crippen molar-refractivity contribution in [1.82, 2.24) is 20.7 Å². The zero-order valence-corrected chi connectivity index (χ0v) is 21.0. The highest BCUT2D eigenvalue weighted by Crippen LogP contribution is 2.31. The molecule has 9 nitrogen and oxygen atoms in total. The monoisotopic (exact) mass is 482 g/mol. The van der Waals surface area contributed by atoms with Crippen LogP contribution in [0.2, 0.25) is 0 Å². The topological polar surface area (TPSA) is 100 Å². The summed E-state index contributed by atoms with van der Waals surface area (Å²) in [6.07, 6.45) is -0.0701. The molecule has 0 spiro atoms. The molecule has 1 unspecified atom stereocenters. The van der Waals surface area contributed by atoms with Crippen molar-refractivity contribution in [3.8, 4) is 5.75 Å². The zero-order valence-electron chi connectivity index (χ0n) is 21.0. The molecule has 1 atom stereocenters. The van der Waals surface area contributed by atoms with Crippen molar-refractivity contribution in [3.05, 3.63) is 65.2 Å². The van der Waals surface area contributed by atoms with Crippen LogP contribution in [0.1, 0.15) is 43.5 Å². The van der Waals surface area contributed by atoms with E-state index in [0.717, 1.165) is 16.9 Å². The Morgan fingerprint density at radius 2 is 1.71 bits per heavy atom. The molecule has 0 bridgehead atoms. The molecule has 2 aromatic rings. The molecule has 0 radical (unpaired) electrons. The Kier molecular flexibility index (Phi) is 8.22. The van der Waals surface area contributed by atoms with E-state index in [0.29, 0.717) is 13.0 Å². The third-order valence-electron chi connectivity index (χ3n) is 5.97. The van der Waals surface area contributed by atoms with E-state index in [-0.39, 0.29) is 24.0 Å². The summed E-state index contributed by atoms with van der Waals surface area (Å²) in [6.45, 7) is 6.72. The lowest BCUT2D eigenvalue weighted by molar-refractivity contribution is -0.127. The van der Waals surface area contributed by atoms with Crippen molar-refractivity contribution in [1.29, 1.82) is 0 Å². The summed E-state index contributed by atoms with van der Waals surface area (Å²) in [7, 11) is 3.02. The summed E-state index contributed by atoms with van der Waals surface area (Å²) in [5.41, 5.74) is 5.84. The van der Waals surface area contributed by atoms with E-state index in [9.17, 15) is 14.4 Å². The number of nitrogens with zero attached hydrogens (tertiary/aromatic N) is 2. The van der Waals surface area contributed by atoms with Crippen LogP contribution in [0, 0.1) is 0 Å². The van der Waals surface area contributed by atoms with Gasteiger partial charge < -0.3 is 19.7 Å². The number of carbonyl (C=O) groups is 3. The number of methoxy groups -OCH3 is 1. The molecule has 1 fully saturated rings. The average Bonchev–Trinajstić information content (AvgIpc) is 3.15. The van der Waals surface area contributed by atoms with Gasteiger partial charge in [0.25, 0.3) is 5.91 Å². The van der Waals surface area contributed by atoms with Gasteiger partial charge in [-0.2, -0.15) is 0 Å². The standard InChI is InChI=1S/C26H34N4O5/c1-26(2,3)20-10-8-19(9-11-20)22-16-30(28-23(31)17-35-24(32)27-4)25(33)29(22)15-14-18-6-12-21(34-5)13-7-18/h6-13,22H,14-17H2,1-5H3,(H,27,32)(H,28,31). The van der Waals surface area contributed by atoms with Crippen molar-refractivity contribution in [2.24, 2.45) is 0 Å². The van der Waals surface area contributed by atoms with Crippen molar-refractivity contribution in [3.63, 3.8) is 0 Å². The summed E-state index contributed by atoms with van der Waals surface area (Å²) in [5, 5.41) is 3.56. The summed E-state index contributed by atoms with van der Waals surface area (Å²) >= 11 is 0. The van der Waals surface area contributed by atoms with Gasteiger partial charge in [-0.05, 0) is 40.7 Å². The van der Waals surface area contributed by atoms with E-state index in [1.54, 1.807) is 12.0 Å². The largest absolute Gasteiger partial charge is 0.497 e. The van der Waals surface area contributed by atoms with Crippen LogP contribution in [0.5, 0.6) is 5.75 Å².